The van der Waals surface area contributed by atoms with E-state index >= 15 is 0 Å². The Labute approximate surface area is 115 Å². The van der Waals surface area contributed by atoms with Crippen molar-refractivity contribution in [1.82, 2.24) is 14.8 Å². The van der Waals surface area contributed by atoms with Gasteiger partial charge >= 0.3 is 0 Å². The molecule has 0 unspecified atom stereocenters. The lowest BCUT2D eigenvalue weighted by molar-refractivity contribution is 0.600. The van der Waals surface area contributed by atoms with Crippen molar-refractivity contribution in [1.29, 1.82) is 0 Å². The monoisotopic (exact) mass is 301 g/mol. The lowest BCUT2D eigenvalue weighted by atomic mass is 10.4. The minimum atomic E-state index is -3.64. The summed E-state index contributed by atoms with van der Waals surface area (Å²) >= 11 is 1.19. The number of hydrogen-bond acceptors (Lipinski definition) is 6. The molecule has 0 radical (unpaired) electrons. The summed E-state index contributed by atoms with van der Waals surface area (Å²) in [5.41, 5.74) is 6.36. The van der Waals surface area contributed by atoms with Crippen LogP contribution in [0.5, 0.6) is 0 Å². The number of nitrogens with zero attached hydrogens (tertiary/aromatic N) is 3. The van der Waals surface area contributed by atoms with Gasteiger partial charge in [-0.3, -0.25) is 4.72 Å². The fourth-order valence-corrected chi connectivity index (χ4v) is 3.53. The Kier molecular flexibility index (Phi) is 3.88. The fourth-order valence-electron chi connectivity index (χ4n) is 1.65. The van der Waals surface area contributed by atoms with Crippen LogP contribution < -0.4 is 10.5 Å². The quantitative estimate of drug-likeness (QED) is 0.855. The number of hydrogen-bond donors (Lipinski definition) is 2. The van der Waals surface area contributed by atoms with E-state index in [1.165, 1.54) is 11.3 Å². The van der Waals surface area contributed by atoms with Gasteiger partial charge in [0.15, 0.2) is 0 Å². The van der Waals surface area contributed by atoms with Crippen molar-refractivity contribution in [2.24, 2.45) is 5.73 Å². The van der Waals surface area contributed by atoms with Gasteiger partial charge in [-0.1, -0.05) is 11.3 Å². The van der Waals surface area contributed by atoms with Crippen LogP contribution in [0.3, 0.4) is 0 Å². The van der Waals surface area contributed by atoms with E-state index in [4.69, 9.17) is 5.73 Å². The van der Waals surface area contributed by atoms with Crippen molar-refractivity contribution < 1.29 is 8.42 Å². The summed E-state index contributed by atoms with van der Waals surface area (Å²) in [5, 5.41) is 8.47. The third-order valence-electron chi connectivity index (χ3n) is 2.57. The van der Waals surface area contributed by atoms with Gasteiger partial charge in [0.2, 0.25) is 5.13 Å². The Morgan fingerprint density at radius 1 is 1.47 bits per heavy atom. The molecule has 0 aliphatic carbocycles. The molecule has 19 heavy (non-hydrogen) atoms. The molecule has 2 aromatic rings. The number of anilines is 1. The van der Waals surface area contributed by atoms with Crippen molar-refractivity contribution in [3.8, 4) is 0 Å². The van der Waals surface area contributed by atoms with Gasteiger partial charge in [-0.25, -0.2) is 8.42 Å². The Bertz CT molecular complexity index is 652. The van der Waals surface area contributed by atoms with E-state index in [1.807, 2.05) is 6.92 Å². The van der Waals surface area contributed by atoms with Gasteiger partial charge in [0.1, 0.15) is 9.90 Å². The van der Waals surface area contributed by atoms with Crippen LogP contribution in [0.25, 0.3) is 0 Å². The van der Waals surface area contributed by atoms with Crippen LogP contribution in [-0.4, -0.2) is 23.2 Å². The zero-order valence-corrected chi connectivity index (χ0v) is 12.3. The predicted molar refractivity (Wildman–Crippen MR) is 73.5 cm³/mol. The Morgan fingerprint density at radius 2 is 2.21 bits per heavy atom. The van der Waals surface area contributed by atoms with Crippen molar-refractivity contribution in [3.63, 3.8) is 0 Å². The van der Waals surface area contributed by atoms with Crippen LogP contribution in [0, 0.1) is 6.92 Å². The van der Waals surface area contributed by atoms with Crippen LogP contribution in [0.2, 0.25) is 0 Å². The average molecular weight is 301 g/mol. The van der Waals surface area contributed by atoms with Crippen molar-refractivity contribution >= 4 is 26.5 Å². The first-order valence-electron chi connectivity index (χ1n) is 5.68. The van der Waals surface area contributed by atoms with Crippen molar-refractivity contribution in [2.45, 2.75) is 31.8 Å². The summed E-state index contributed by atoms with van der Waals surface area (Å²) < 4.78 is 28.6. The van der Waals surface area contributed by atoms with E-state index in [9.17, 15) is 8.42 Å². The molecule has 2 rings (SSSR count). The molecule has 104 valence electrons. The SMILES string of the molecule is CCn1cc(S(=O)(=O)Nc2nnc(C)s2)cc1CN. The van der Waals surface area contributed by atoms with Gasteiger partial charge in [-0.15, -0.1) is 10.2 Å². The zero-order valence-electron chi connectivity index (χ0n) is 10.6. The molecule has 0 saturated carbocycles. The van der Waals surface area contributed by atoms with Crippen LogP contribution >= 0.6 is 11.3 Å². The topological polar surface area (TPSA) is 103 Å². The van der Waals surface area contributed by atoms with E-state index in [-0.39, 0.29) is 10.0 Å². The van der Waals surface area contributed by atoms with Crippen LogP contribution in [0.4, 0.5) is 5.13 Å². The summed E-state index contributed by atoms with van der Waals surface area (Å²) in [6.07, 6.45) is 1.57. The molecule has 0 spiro atoms. The lowest BCUT2D eigenvalue weighted by Gasteiger charge is -2.02. The summed E-state index contributed by atoms with van der Waals surface area (Å²) in [6, 6.07) is 1.57. The smallest absolute Gasteiger partial charge is 0.265 e. The molecule has 0 aliphatic heterocycles. The van der Waals surface area contributed by atoms with E-state index < -0.39 is 10.0 Å². The summed E-state index contributed by atoms with van der Waals surface area (Å²) in [6.45, 7) is 4.65. The van der Waals surface area contributed by atoms with Crippen molar-refractivity contribution in [3.05, 3.63) is 23.0 Å². The Hall–Kier alpha value is -1.45. The largest absolute Gasteiger partial charge is 0.349 e. The van der Waals surface area contributed by atoms with Gasteiger partial charge < -0.3 is 10.3 Å². The maximum Gasteiger partial charge on any atom is 0.265 e. The molecule has 2 heterocycles. The fraction of sp³-hybridized carbons (Fsp3) is 0.400. The lowest BCUT2D eigenvalue weighted by Crippen LogP contribution is -2.12. The molecule has 7 nitrogen and oxygen atoms in total. The number of nitrogens with one attached hydrogen (secondary N) is 1. The van der Waals surface area contributed by atoms with Crippen LogP contribution in [-0.2, 0) is 23.1 Å². The number of sulfonamides is 1. The minimum absolute atomic E-state index is 0.183. The average Bonchev–Trinajstić information content (AvgIpc) is 2.94. The number of nitrogens with two attached hydrogens (primary N) is 1. The maximum absolute atomic E-state index is 12.2. The van der Waals surface area contributed by atoms with Crippen molar-refractivity contribution in [2.75, 3.05) is 4.72 Å². The van der Waals surface area contributed by atoms with Gasteiger partial charge in [-0.05, 0) is 19.9 Å². The van der Waals surface area contributed by atoms with Gasteiger partial charge in [0.25, 0.3) is 10.0 Å². The van der Waals surface area contributed by atoms with E-state index in [1.54, 1.807) is 23.8 Å². The minimum Gasteiger partial charge on any atom is -0.349 e. The number of rotatable bonds is 5. The second-order valence-corrected chi connectivity index (χ2v) is 6.75. The first-order valence-corrected chi connectivity index (χ1v) is 7.98. The van der Waals surface area contributed by atoms with Gasteiger partial charge in [0, 0.05) is 25.0 Å². The van der Waals surface area contributed by atoms with Crippen LogP contribution in [0.1, 0.15) is 17.6 Å². The molecular weight excluding hydrogens is 286 g/mol. The normalized spacial score (nSPS) is 11.7. The molecule has 0 fully saturated rings. The molecular formula is C10H15N5O2S2. The second-order valence-electron chi connectivity index (χ2n) is 3.89. The highest BCUT2D eigenvalue weighted by molar-refractivity contribution is 7.93. The van der Waals surface area contributed by atoms with Crippen LogP contribution in [0.15, 0.2) is 17.2 Å². The second kappa shape index (κ2) is 5.27. The van der Waals surface area contributed by atoms with Gasteiger partial charge in [-0.2, -0.15) is 0 Å². The highest BCUT2D eigenvalue weighted by Gasteiger charge is 2.19. The Balaban J connectivity index is 2.31. The van der Waals surface area contributed by atoms with E-state index in [2.05, 4.69) is 14.9 Å². The Morgan fingerprint density at radius 3 is 2.68 bits per heavy atom. The number of aryl methyl sites for hydroxylation is 2. The molecule has 0 aliphatic rings. The zero-order chi connectivity index (χ0) is 14.0. The first kappa shape index (κ1) is 14.0. The predicted octanol–water partition coefficient (Wildman–Crippen LogP) is 0.927. The van der Waals surface area contributed by atoms with E-state index in [0.717, 1.165) is 5.69 Å². The molecule has 9 heteroatoms. The highest BCUT2D eigenvalue weighted by Crippen LogP contribution is 2.21. The van der Waals surface area contributed by atoms with E-state index in [0.29, 0.717) is 18.1 Å². The summed E-state index contributed by atoms with van der Waals surface area (Å²) in [7, 11) is -3.64. The third kappa shape index (κ3) is 2.94. The summed E-state index contributed by atoms with van der Waals surface area (Å²) in [5.74, 6) is 0. The standard InChI is InChI=1S/C10H15N5O2S2/c1-3-15-6-9(4-8(15)5-11)19(16,17)14-10-13-12-7(2)18-10/h4,6H,3,5,11H2,1-2H3,(H,13,14). The first-order chi connectivity index (χ1) is 8.96. The maximum atomic E-state index is 12.2. The molecule has 2 aromatic heterocycles. The third-order valence-corrected chi connectivity index (χ3v) is 4.76. The summed E-state index contributed by atoms with van der Waals surface area (Å²) in [4.78, 5) is 0.183. The number of aromatic nitrogens is 3. The molecule has 0 saturated heterocycles. The molecule has 0 bridgehead atoms. The molecule has 3 N–H and O–H groups in total. The molecule has 0 amide bonds. The molecule has 0 aromatic carbocycles. The highest BCUT2D eigenvalue weighted by atomic mass is 32.2. The van der Waals surface area contributed by atoms with Gasteiger partial charge in [0.05, 0.1) is 0 Å². The molecule has 0 atom stereocenters.